The molecule has 1 aromatic rings. The van der Waals surface area contributed by atoms with Gasteiger partial charge in [-0.15, -0.1) is 0 Å². The lowest BCUT2D eigenvalue weighted by Gasteiger charge is -2.29. The molecule has 1 saturated heterocycles. The highest BCUT2D eigenvalue weighted by atomic mass is 16.3. The molecular formula is C14H19NO2. The molecule has 0 spiro atoms. The number of anilines is 1. The van der Waals surface area contributed by atoms with E-state index < -0.39 is 6.23 Å². The molecule has 92 valence electrons. The summed E-state index contributed by atoms with van der Waals surface area (Å²) in [4.78, 5) is 13.4. The number of para-hydroxylation sites is 1. The molecule has 1 amide bonds. The van der Waals surface area contributed by atoms with Crippen LogP contribution in [0.1, 0.15) is 39.2 Å². The molecule has 1 aromatic carbocycles. The Kier molecular flexibility index (Phi) is 2.96. The van der Waals surface area contributed by atoms with Crippen molar-refractivity contribution >= 4 is 11.6 Å². The third kappa shape index (κ3) is 2.20. The Morgan fingerprint density at radius 1 is 1.29 bits per heavy atom. The van der Waals surface area contributed by atoms with Crippen LogP contribution in [0.5, 0.6) is 0 Å². The van der Waals surface area contributed by atoms with E-state index in [-0.39, 0.29) is 11.3 Å². The number of amides is 1. The molecule has 1 N–H and O–H groups in total. The molecule has 3 nitrogen and oxygen atoms in total. The topological polar surface area (TPSA) is 40.5 Å². The minimum absolute atomic E-state index is 0.00852. The van der Waals surface area contributed by atoms with E-state index in [1.54, 1.807) is 0 Å². The second-order valence-electron chi connectivity index (χ2n) is 5.55. The quantitative estimate of drug-likeness (QED) is 0.809. The van der Waals surface area contributed by atoms with Gasteiger partial charge in [0.2, 0.25) is 5.91 Å². The van der Waals surface area contributed by atoms with Crippen molar-refractivity contribution in [3.05, 3.63) is 29.8 Å². The SMILES string of the molecule is CC(C)(C)c1ccccc1N1C(=O)CCC1O. The molecule has 1 aliphatic heterocycles. The summed E-state index contributed by atoms with van der Waals surface area (Å²) >= 11 is 0. The van der Waals surface area contributed by atoms with Gasteiger partial charge in [-0.2, -0.15) is 0 Å². The molecule has 1 heterocycles. The molecule has 0 aliphatic carbocycles. The van der Waals surface area contributed by atoms with Gasteiger partial charge in [-0.1, -0.05) is 39.0 Å². The lowest BCUT2D eigenvalue weighted by molar-refractivity contribution is -0.117. The molecule has 1 unspecified atom stereocenters. The molecule has 17 heavy (non-hydrogen) atoms. The molecule has 1 aliphatic rings. The molecule has 1 atom stereocenters. The smallest absolute Gasteiger partial charge is 0.229 e. The van der Waals surface area contributed by atoms with Crippen LogP contribution < -0.4 is 4.90 Å². The van der Waals surface area contributed by atoms with E-state index in [1.165, 1.54) is 4.90 Å². The van der Waals surface area contributed by atoms with Gasteiger partial charge in [0.25, 0.3) is 0 Å². The van der Waals surface area contributed by atoms with Gasteiger partial charge in [-0.05, 0) is 17.0 Å². The van der Waals surface area contributed by atoms with Crippen LogP contribution in [-0.4, -0.2) is 17.2 Å². The second-order valence-corrected chi connectivity index (χ2v) is 5.55. The van der Waals surface area contributed by atoms with Crippen LogP contribution >= 0.6 is 0 Å². The Hall–Kier alpha value is -1.35. The maximum atomic E-state index is 11.8. The third-order valence-corrected chi connectivity index (χ3v) is 3.15. The number of nitrogens with zero attached hydrogens (tertiary/aromatic N) is 1. The van der Waals surface area contributed by atoms with E-state index >= 15 is 0 Å². The molecule has 2 rings (SSSR count). The van der Waals surface area contributed by atoms with E-state index in [4.69, 9.17) is 0 Å². The molecule has 0 radical (unpaired) electrons. The fourth-order valence-corrected chi connectivity index (χ4v) is 2.28. The maximum absolute atomic E-state index is 11.8. The predicted octanol–water partition coefficient (Wildman–Crippen LogP) is 2.43. The van der Waals surface area contributed by atoms with Crippen molar-refractivity contribution in [2.75, 3.05) is 4.90 Å². The Balaban J connectivity index is 2.49. The van der Waals surface area contributed by atoms with Crippen LogP contribution in [0.3, 0.4) is 0 Å². The van der Waals surface area contributed by atoms with Gasteiger partial charge >= 0.3 is 0 Å². The molecule has 0 aromatic heterocycles. The minimum Gasteiger partial charge on any atom is -0.373 e. The number of carbonyl (C=O) groups excluding carboxylic acids is 1. The summed E-state index contributed by atoms with van der Waals surface area (Å²) in [6.45, 7) is 6.33. The van der Waals surface area contributed by atoms with Crippen molar-refractivity contribution in [2.45, 2.75) is 45.3 Å². The number of hydrogen-bond donors (Lipinski definition) is 1. The van der Waals surface area contributed by atoms with Gasteiger partial charge in [0, 0.05) is 18.5 Å². The lowest BCUT2D eigenvalue weighted by Crippen LogP contribution is -2.34. The summed E-state index contributed by atoms with van der Waals surface area (Å²) in [7, 11) is 0. The lowest BCUT2D eigenvalue weighted by atomic mass is 9.85. The standard InChI is InChI=1S/C14H19NO2/c1-14(2,3)10-6-4-5-7-11(10)15-12(16)8-9-13(15)17/h4-7,12,16H,8-9H2,1-3H3. The summed E-state index contributed by atoms with van der Waals surface area (Å²) in [5, 5.41) is 9.91. The van der Waals surface area contributed by atoms with Crippen LogP contribution in [0.25, 0.3) is 0 Å². The highest BCUT2D eigenvalue weighted by Crippen LogP contribution is 2.35. The van der Waals surface area contributed by atoms with Crippen LogP contribution in [0.4, 0.5) is 5.69 Å². The summed E-state index contributed by atoms with van der Waals surface area (Å²) in [5.74, 6) is 0.00852. The van der Waals surface area contributed by atoms with Crippen molar-refractivity contribution in [3.8, 4) is 0 Å². The van der Waals surface area contributed by atoms with E-state index in [2.05, 4.69) is 20.8 Å². The highest BCUT2D eigenvalue weighted by Gasteiger charge is 2.33. The van der Waals surface area contributed by atoms with Crippen molar-refractivity contribution in [1.82, 2.24) is 0 Å². The average molecular weight is 233 g/mol. The monoisotopic (exact) mass is 233 g/mol. The Morgan fingerprint density at radius 2 is 1.94 bits per heavy atom. The van der Waals surface area contributed by atoms with E-state index in [0.29, 0.717) is 12.8 Å². The van der Waals surface area contributed by atoms with E-state index in [1.807, 2.05) is 24.3 Å². The number of hydrogen-bond acceptors (Lipinski definition) is 2. The first-order valence-electron chi connectivity index (χ1n) is 6.01. The maximum Gasteiger partial charge on any atom is 0.229 e. The van der Waals surface area contributed by atoms with Gasteiger partial charge < -0.3 is 5.11 Å². The van der Waals surface area contributed by atoms with Crippen molar-refractivity contribution < 1.29 is 9.90 Å². The normalized spacial score (nSPS) is 21.1. The van der Waals surface area contributed by atoms with E-state index in [0.717, 1.165) is 11.3 Å². The zero-order chi connectivity index (χ0) is 12.6. The van der Waals surface area contributed by atoms with Gasteiger partial charge in [0.05, 0.1) is 0 Å². The zero-order valence-corrected chi connectivity index (χ0v) is 10.6. The van der Waals surface area contributed by atoms with Crippen molar-refractivity contribution in [1.29, 1.82) is 0 Å². The highest BCUT2D eigenvalue weighted by molar-refractivity contribution is 5.96. The van der Waals surface area contributed by atoms with Crippen LogP contribution in [0.2, 0.25) is 0 Å². The van der Waals surface area contributed by atoms with Crippen molar-refractivity contribution in [3.63, 3.8) is 0 Å². The van der Waals surface area contributed by atoms with Crippen molar-refractivity contribution in [2.24, 2.45) is 0 Å². The number of carbonyl (C=O) groups is 1. The first-order chi connectivity index (χ1) is 7.91. The fourth-order valence-electron chi connectivity index (χ4n) is 2.28. The summed E-state index contributed by atoms with van der Waals surface area (Å²) in [5.41, 5.74) is 1.89. The Bertz CT molecular complexity index is 434. The number of aliphatic hydroxyl groups is 1. The number of aliphatic hydroxyl groups excluding tert-OH is 1. The van der Waals surface area contributed by atoms with Gasteiger partial charge in [-0.25, -0.2) is 0 Å². The Labute approximate surface area is 102 Å². The largest absolute Gasteiger partial charge is 0.373 e. The molecular weight excluding hydrogens is 214 g/mol. The Morgan fingerprint density at radius 3 is 2.47 bits per heavy atom. The van der Waals surface area contributed by atoms with Crippen LogP contribution in [0, 0.1) is 0 Å². The second kappa shape index (κ2) is 4.15. The zero-order valence-electron chi connectivity index (χ0n) is 10.6. The summed E-state index contributed by atoms with van der Waals surface area (Å²) in [6.07, 6.45) is 0.280. The number of benzene rings is 1. The first kappa shape index (κ1) is 12.1. The number of rotatable bonds is 1. The molecule has 0 saturated carbocycles. The summed E-state index contributed by atoms with van der Waals surface area (Å²) < 4.78 is 0. The molecule has 3 heteroatoms. The molecule has 1 fully saturated rings. The van der Waals surface area contributed by atoms with Gasteiger partial charge in [-0.3, -0.25) is 9.69 Å². The third-order valence-electron chi connectivity index (χ3n) is 3.15. The predicted molar refractivity (Wildman–Crippen MR) is 67.9 cm³/mol. The molecule has 0 bridgehead atoms. The summed E-state index contributed by atoms with van der Waals surface area (Å²) in [6, 6.07) is 7.81. The fraction of sp³-hybridized carbons (Fsp3) is 0.500. The van der Waals surface area contributed by atoms with Gasteiger partial charge in [0.1, 0.15) is 6.23 Å². The van der Waals surface area contributed by atoms with Crippen LogP contribution in [0.15, 0.2) is 24.3 Å². The average Bonchev–Trinajstić information content (AvgIpc) is 2.57. The van der Waals surface area contributed by atoms with E-state index in [9.17, 15) is 9.90 Å². The van der Waals surface area contributed by atoms with Gasteiger partial charge in [0.15, 0.2) is 0 Å². The van der Waals surface area contributed by atoms with Crippen LogP contribution in [-0.2, 0) is 10.2 Å². The first-order valence-corrected chi connectivity index (χ1v) is 6.01. The minimum atomic E-state index is -0.675.